The molecule has 0 aliphatic heterocycles. The number of hydrogen-bond acceptors (Lipinski definition) is 4. The van der Waals surface area contributed by atoms with E-state index in [9.17, 15) is 22.0 Å². The van der Waals surface area contributed by atoms with Crippen LogP contribution in [0.3, 0.4) is 0 Å². The number of benzene rings is 2. The minimum absolute atomic E-state index is 0.0161. The average molecular weight is 412 g/mol. The van der Waals surface area contributed by atoms with E-state index in [2.05, 4.69) is 10.0 Å². The summed E-state index contributed by atoms with van der Waals surface area (Å²) in [7, 11) is -3.46. The molecule has 0 saturated carbocycles. The third kappa shape index (κ3) is 6.49. The first kappa shape index (κ1) is 21.6. The molecule has 152 valence electrons. The van der Waals surface area contributed by atoms with Gasteiger partial charge in [0.25, 0.3) is 5.91 Å². The van der Waals surface area contributed by atoms with E-state index in [1.165, 1.54) is 12.1 Å². The molecule has 0 aliphatic carbocycles. The number of carbonyl (C=O) groups is 1. The minimum atomic E-state index is -3.46. The molecule has 6 nitrogen and oxygen atoms in total. The Labute approximate surface area is 163 Å². The highest BCUT2D eigenvalue weighted by Crippen LogP contribution is 2.18. The number of carbonyl (C=O) groups excluding carboxylic acids is 1. The maximum atomic E-state index is 13.6. The first-order chi connectivity index (χ1) is 13.2. The molecule has 0 bridgehead atoms. The monoisotopic (exact) mass is 412 g/mol. The lowest BCUT2D eigenvalue weighted by Gasteiger charge is -2.16. The Morgan fingerprint density at radius 2 is 1.93 bits per heavy atom. The first-order valence-corrected chi connectivity index (χ1v) is 10.3. The fourth-order valence-electron chi connectivity index (χ4n) is 2.38. The van der Waals surface area contributed by atoms with Crippen molar-refractivity contribution < 1.29 is 26.7 Å². The van der Waals surface area contributed by atoms with Gasteiger partial charge in [-0.1, -0.05) is 13.0 Å². The third-order valence-corrected chi connectivity index (χ3v) is 5.12. The minimum Gasteiger partial charge on any atom is -0.488 e. The quantitative estimate of drug-likeness (QED) is 0.662. The molecule has 0 radical (unpaired) electrons. The number of amides is 1. The van der Waals surface area contributed by atoms with Crippen molar-refractivity contribution in [2.75, 3.05) is 17.1 Å². The van der Waals surface area contributed by atoms with Crippen molar-refractivity contribution in [3.63, 3.8) is 0 Å². The molecule has 1 unspecified atom stereocenters. The largest absolute Gasteiger partial charge is 0.488 e. The fraction of sp³-hybridized carbons (Fsp3) is 0.316. The van der Waals surface area contributed by atoms with Crippen molar-refractivity contribution in [2.45, 2.75) is 26.3 Å². The van der Waals surface area contributed by atoms with Crippen LogP contribution in [0.1, 0.15) is 30.6 Å². The molecule has 0 fully saturated rings. The maximum Gasteiger partial charge on any atom is 0.251 e. The van der Waals surface area contributed by atoms with Crippen molar-refractivity contribution in [1.82, 2.24) is 5.32 Å². The molecule has 0 saturated heterocycles. The Hall–Kier alpha value is -2.68. The Morgan fingerprint density at radius 1 is 1.18 bits per heavy atom. The zero-order valence-corrected chi connectivity index (χ0v) is 16.4. The van der Waals surface area contributed by atoms with Crippen molar-refractivity contribution in [2.24, 2.45) is 0 Å². The summed E-state index contributed by atoms with van der Waals surface area (Å²) in [5.41, 5.74) is 0.551. The fourth-order valence-corrected chi connectivity index (χ4v) is 3.50. The third-order valence-electron chi connectivity index (χ3n) is 3.63. The van der Waals surface area contributed by atoms with Crippen LogP contribution in [0.25, 0.3) is 0 Å². The second-order valence-corrected chi connectivity index (χ2v) is 8.10. The molecule has 1 atom stereocenters. The summed E-state index contributed by atoms with van der Waals surface area (Å²) >= 11 is 0. The van der Waals surface area contributed by atoms with Gasteiger partial charge in [-0.15, -0.1) is 0 Å². The van der Waals surface area contributed by atoms with Crippen molar-refractivity contribution in [1.29, 1.82) is 0 Å². The van der Waals surface area contributed by atoms with Gasteiger partial charge in [-0.05, 0) is 43.7 Å². The summed E-state index contributed by atoms with van der Waals surface area (Å²) < 4.78 is 57.8. The van der Waals surface area contributed by atoms with E-state index in [4.69, 9.17) is 4.74 Å². The van der Waals surface area contributed by atoms with Crippen LogP contribution in [-0.2, 0) is 10.0 Å². The zero-order chi connectivity index (χ0) is 20.7. The van der Waals surface area contributed by atoms with Crippen LogP contribution in [0.2, 0.25) is 0 Å². The Kier molecular flexibility index (Phi) is 7.33. The summed E-state index contributed by atoms with van der Waals surface area (Å²) in [6, 6.07) is 8.57. The zero-order valence-electron chi connectivity index (χ0n) is 15.5. The maximum absolute atomic E-state index is 13.6. The van der Waals surface area contributed by atoms with Crippen LogP contribution < -0.4 is 14.8 Å². The molecule has 2 aromatic rings. The van der Waals surface area contributed by atoms with Gasteiger partial charge >= 0.3 is 0 Å². The SMILES string of the molecule is CCCS(=O)(=O)Nc1cccc(C(=O)NC(C)COc2ccc(F)cc2F)c1. The molecule has 0 aliphatic rings. The number of ether oxygens (including phenoxy) is 1. The molecule has 1 amide bonds. The normalized spacial score (nSPS) is 12.3. The van der Waals surface area contributed by atoms with Crippen molar-refractivity contribution in [3.8, 4) is 5.75 Å². The highest BCUT2D eigenvalue weighted by molar-refractivity contribution is 7.92. The topological polar surface area (TPSA) is 84.5 Å². The van der Waals surface area contributed by atoms with Gasteiger partial charge in [-0.3, -0.25) is 9.52 Å². The van der Waals surface area contributed by atoms with Crippen LogP contribution in [0.5, 0.6) is 5.75 Å². The second-order valence-electron chi connectivity index (χ2n) is 6.26. The predicted molar refractivity (Wildman–Crippen MR) is 103 cm³/mol. The molecule has 2 aromatic carbocycles. The van der Waals surface area contributed by atoms with Gasteiger partial charge in [0.15, 0.2) is 11.6 Å². The van der Waals surface area contributed by atoms with Gasteiger partial charge in [-0.25, -0.2) is 17.2 Å². The first-order valence-electron chi connectivity index (χ1n) is 8.69. The number of anilines is 1. The second kappa shape index (κ2) is 9.50. The number of nitrogens with one attached hydrogen (secondary N) is 2. The Morgan fingerprint density at radius 3 is 2.61 bits per heavy atom. The molecule has 0 spiro atoms. The Bertz CT molecular complexity index is 935. The van der Waals surface area contributed by atoms with Gasteiger partial charge in [0.05, 0.1) is 11.8 Å². The molecule has 2 rings (SSSR count). The van der Waals surface area contributed by atoms with E-state index in [-0.39, 0.29) is 23.7 Å². The van der Waals surface area contributed by atoms with E-state index < -0.39 is 33.6 Å². The number of rotatable bonds is 9. The van der Waals surface area contributed by atoms with Gasteiger partial charge in [0, 0.05) is 17.3 Å². The van der Waals surface area contributed by atoms with Crippen LogP contribution in [0, 0.1) is 11.6 Å². The average Bonchev–Trinajstić information content (AvgIpc) is 2.60. The van der Waals surface area contributed by atoms with Crippen LogP contribution in [-0.4, -0.2) is 32.7 Å². The molecule has 2 N–H and O–H groups in total. The van der Waals surface area contributed by atoms with Crippen LogP contribution >= 0.6 is 0 Å². The Balaban J connectivity index is 1.95. The van der Waals surface area contributed by atoms with Gasteiger partial charge < -0.3 is 10.1 Å². The summed E-state index contributed by atoms with van der Waals surface area (Å²) in [5.74, 6) is -2.11. The summed E-state index contributed by atoms with van der Waals surface area (Å²) in [4.78, 5) is 12.4. The molecule has 0 aromatic heterocycles. The number of hydrogen-bond donors (Lipinski definition) is 2. The van der Waals surface area contributed by atoms with Crippen LogP contribution in [0.15, 0.2) is 42.5 Å². The highest BCUT2D eigenvalue weighted by Gasteiger charge is 2.14. The summed E-state index contributed by atoms with van der Waals surface area (Å²) in [5, 5.41) is 2.67. The van der Waals surface area contributed by atoms with Crippen LogP contribution in [0.4, 0.5) is 14.5 Å². The van der Waals surface area contributed by atoms with Crippen molar-refractivity contribution >= 4 is 21.6 Å². The molecular formula is C19H22F2N2O4S. The molecule has 9 heteroatoms. The summed E-state index contributed by atoms with van der Waals surface area (Å²) in [6.45, 7) is 3.38. The van der Waals surface area contributed by atoms with E-state index in [0.717, 1.165) is 6.07 Å². The van der Waals surface area contributed by atoms with E-state index >= 15 is 0 Å². The highest BCUT2D eigenvalue weighted by atomic mass is 32.2. The van der Waals surface area contributed by atoms with Crippen molar-refractivity contribution in [3.05, 3.63) is 59.7 Å². The van der Waals surface area contributed by atoms with Gasteiger partial charge in [-0.2, -0.15) is 0 Å². The number of halogens is 2. The van der Waals surface area contributed by atoms with Gasteiger partial charge in [0.2, 0.25) is 10.0 Å². The summed E-state index contributed by atoms with van der Waals surface area (Å²) in [6.07, 6.45) is 0.474. The van der Waals surface area contributed by atoms with E-state index in [1.54, 1.807) is 32.0 Å². The molecular weight excluding hydrogens is 390 g/mol. The smallest absolute Gasteiger partial charge is 0.251 e. The van der Waals surface area contributed by atoms with E-state index in [0.29, 0.717) is 18.2 Å². The van der Waals surface area contributed by atoms with E-state index in [1.807, 2.05) is 0 Å². The lowest BCUT2D eigenvalue weighted by molar-refractivity contribution is 0.0926. The molecule has 0 heterocycles. The lowest BCUT2D eigenvalue weighted by atomic mass is 10.2. The predicted octanol–water partition coefficient (Wildman–Crippen LogP) is 3.31. The lowest BCUT2D eigenvalue weighted by Crippen LogP contribution is -2.36. The standard InChI is InChI=1S/C19H22F2N2O4S/c1-3-9-28(25,26)23-16-6-4-5-14(10-16)19(24)22-13(2)12-27-18-8-7-15(20)11-17(18)21/h4-8,10-11,13,23H,3,9,12H2,1-2H3,(H,22,24). The molecule has 28 heavy (non-hydrogen) atoms. The van der Waals surface area contributed by atoms with Gasteiger partial charge in [0.1, 0.15) is 12.4 Å². The number of sulfonamides is 1.